The maximum absolute atomic E-state index is 15.0. The molecule has 0 fully saturated rings. The van der Waals surface area contributed by atoms with Crippen molar-refractivity contribution in [3.8, 4) is 16.9 Å². The van der Waals surface area contributed by atoms with Crippen molar-refractivity contribution in [2.45, 2.75) is 37.1 Å². The average molecular weight is 691 g/mol. The molecule has 2 atom stereocenters. The smallest absolute Gasteiger partial charge is 0.266 e. The first-order valence-corrected chi connectivity index (χ1v) is 17.3. The molecule has 1 amide bonds. The summed E-state index contributed by atoms with van der Waals surface area (Å²) in [4.78, 5) is 23.1. The van der Waals surface area contributed by atoms with E-state index in [9.17, 15) is 10.3 Å². The molecular weight excluding hydrogens is 652 g/mol. The monoisotopic (exact) mass is 690 g/mol. The molecule has 0 unspecified atom stereocenters. The zero-order chi connectivity index (χ0) is 35.8. The number of hydrogen-bond acceptors (Lipinski definition) is 7. The Morgan fingerprint density at radius 1 is 0.885 bits per heavy atom. The normalized spacial score (nSPS) is 17.5. The first-order chi connectivity index (χ1) is 25.6. The highest BCUT2D eigenvalue weighted by atomic mass is 16.5. The molecule has 10 heteroatoms. The third-order valence-corrected chi connectivity index (χ3v) is 9.37. The summed E-state index contributed by atoms with van der Waals surface area (Å²) in [6, 6.07) is 40.8. The van der Waals surface area contributed by atoms with Gasteiger partial charge in [0.2, 0.25) is 5.90 Å². The minimum atomic E-state index is -1.48. The second kappa shape index (κ2) is 15.8. The molecule has 260 valence electrons. The number of carbonyl (C=O) groups excluding carboxylic acids is 1. The average Bonchev–Trinajstić information content (AvgIpc) is 3.74. The second-order valence-corrected chi connectivity index (χ2v) is 12.6. The van der Waals surface area contributed by atoms with E-state index in [4.69, 9.17) is 19.6 Å². The van der Waals surface area contributed by atoms with Crippen LogP contribution in [0.4, 0.5) is 0 Å². The molecule has 0 bridgehead atoms. The highest BCUT2D eigenvalue weighted by Crippen LogP contribution is 2.45. The molecule has 1 aliphatic heterocycles. The Bertz CT molecular complexity index is 2100. The fraction of sp³-hybridized carbons (Fsp3) is 0.190. The van der Waals surface area contributed by atoms with Gasteiger partial charge in [-0.15, -0.1) is 0 Å². The molecule has 1 heterocycles. The number of aliphatic hydroxyl groups excluding tert-OH is 1. The summed E-state index contributed by atoms with van der Waals surface area (Å²) in [6.07, 6.45) is 3.76. The summed E-state index contributed by atoms with van der Waals surface area (Å²) < 4.78 is 12.5. The van der Waals surface area contributed by atoms with E-state index in [-0.39, 0.29) is 31.5 Å². The molecule has 0 aromatic heterocycles. The van der Waals surface area contributed by atoms with Crippen LogP contribution in [0.1, 0.15) is 58.4 Å². The van der Waals surface area contributed by atoms with E-state index >= 15 is 0 Å². The Morgan fingerprint density at radius 3 is 2.23 bits per heavy atom. The largest absolute Gasteiger partial charge is 0.494 e. The van der Waals surface area contributed by atoms with Crippen molar-refractivity contribution in [3.05, 3.63) is 177 Å². The molecule has 0 radical (unpaired) electrons. The topological polar surface area (TPSA) is 141 Å². The summed E-state index contributed by atoms with van der Waals surface area (Å²) in [5.74, 6) is 0.558. The number of benzene rings is 5. The van der Waals surface area contributed by atoms with E-state index in [0.717, 1.165) is 33.4 Å². The van der Waals surface area contributed by atoms with Crippen molar-refractivity contribution in [1.82, 2.24) is 10.9 Å². The number of amides is 1. The van der Waals surface area contributed by atoms with Gasteiger partial charge in [0.25, 0.3) is 5.91 Å². The van der Waals surface area contributed by atoms with Gasteiger partial charge >= 0.3 is 0 Å². The van der Waals surface area contributed by atoms with Crippen molar-refractivity contribution < 1.29 is 19.4 Å². The summed E-state index contributed by atoms with van der Waals surface area (Å²) in [6.45, 7) is 0.507. The molecule has 0 saturated carbocycles. The molecular formula is C42H38N6O4. The molecule has 5 aromatic rings. The predicted octanol–water partition coefficient (Wildman–Crippen LogP) is 8.01. The van der Waals surface area contributed by atoms with Crippen LogP contribution in [0.15, 0.2) is 144 Å². The first-order valence-electron chi connectivity index (χ1n) is 17.3. The van der Waals surface area contributed by atoms with E-state index < -0.39 is 11.6 Å². The van der Waals surface area contributed by atoms with Gasteiger partial charge in [-0.1, -0.05) is 120 Å². The molecule has 1 aliphatic carbocycles. The van der Waals surface area contributed by atoms with Crippen LogP contribution in [0.5, 0.6) is 5.75 Å². The number of ether oxygens (including phenoxy) is 2. The number of nitrogens with one attached hydrogen (secondary N) is 2. The molecule has 0 spiro atoms. The molecule has 10 nitrogen and oxygen atoms in total. The minimum Gasteiger partial charge on any atom is -0.494 e. The van der Waals surface area contributed by atoms with Crippen LogP contribution >= 0.6 is 0 Å². The minimum absolute atomic E-state index is 0.0444. The van der Waals surface area contributed by atoms with Gasteiger partial charge in [0.05, 0.1) is 19.2 Å². The number of carbonyl (C=O) groups is 1. The standard InChI is InChI=1S/C42H38N6O4/c43-48-44-28-31-15-4-5-16-33(31)39-42(25-10-14-29-12-2-1-3-13-29,45-40(52-39)30-21-23-32(24-22-30)51-27-11-26-49)41(50)47-46-38-36-19-8-6-17-34(36)35-18-7-9-20-37(35)38/h1-10,12-24,38-39,46,49H,11,25-28H2,(H,47,50)/b14-10+/t39-,42-/m0/s1. The molecule has 3 N–H and O–H groups in total. The van der Waals surface area contributed by atoms with Crippen LogP contribution in [0.25, 0.3) is 27.6 Å². The summed E-state index contributed by atoms with van der Waals surface area (Å²) >= 11 is 0. The van der Waals surface area contributed by atoms with E-state index in [0.29, 0.717) is 35.8 Å². The number of aliphatic imine (C=N–C) groups is 1. The number of hydrogen-bond donors (Lipinski definition) is 3. The maximum atomic E-state index is 15.0. The van der Waals surface area contributed by atoms with Crippen molar-refractivity contribution in [1.29, 1.82) is 0 Å². The lowest BCUT2D eigenvalue weighted by atomic mass is 9.82. The van der Waals surface area contributed by atoms with Gasteiger partial charge in [-0.25, -0.2) is 10.4 Å². The Morgan fingerprint density at radius 2 is 1.54 bits per heavy atom. The zero-order valence-electron chi connectivity index (χ0n) is 28.4. The molecule has 52 heavy (non-hydrogen) atoms. The number of fused-ring (bicyclic) bond motifs is 3. The van der Waals surface area contributed by atoms with Crippen LogP contribution in [-0.4, -0.2) is 35.7 Å². The maximum Gasteiger partial charge on any atom is 0.266 e. The molecule has 2 aliphatic rings. The van der Waals surface area contributed by atoms with Crippen LogP contribution in [-0.2, 0) is 16.1 Å². The van der Waals surface area contributed by atoms with Crippen molar-refractivity contribution in [3.63, 3.8) is 0 Å². The van der Waals surface area contributed by atoms with Gasteiger partial charge in [0, 0.05) is 29.9 Å². The summed E-state index contributed by atoms with van der Waals surface area (Å²) in [7, 11) is 0. The lowest BCUT2D eigenvalue weighted by molar-refractivity contribution is -0.130. The molecule has 7 rings (SSSR count). The van der Waals surface area contributed by atoms with Crippen molar-refractivity contribution in [2.75, 3.05) is 13.2 Å². The van der Waals surface area contributed by atoms with Gasteiger partial charge in [0.1, 0.15) is 5.75 Å². The van der Waals surface area contributed by atoms with Crippen LogP contribution in [0.3, 0.4) is 0 Å². The Labute approximate surface area is 302 Å². The number of nitrogens with zero attached hydrogens (tertiary/aromatic N) is 4. The number of rotatable bonds is 14. The summed E-state index contributed by atoms with van der Waals surface area (Å²) in [5, 5.41) is 13.0. The lowest BCUT2D eigenvalue weighted by Gasteiger charge is -2.31. The van der Waals surface area contributed by atoms with Gasteiger partial charge in [-0.3, -0.25) is 10.2 Å². The van der Waals surface area contributed by atoms with E-state index in [1.165, 1.54) is 0 Å². The highest BCUT2D eigenvalue weighted by molar-refractivity contribution is 6.01. The van der Waals surface area contributed by atoms with Crippen LogP contribution in [0, 0.1) is 0 Å². The van der Waals surface area contributed by atoms with Crippen molar-refractivity contribution >= 4 is 17.9 Å². The van der Waals surface area contributed by atoms with Gasteiger partial charge < -0.3 is 14.6 Å². The van der Waals surface area contributed by atoms with Gasteiger partial charge in [-0.2, -0.15) is 0 Å². The molecule has 0 saturated heterocycles. The number of hydrazine groups is 1. The predicted molar refractivity (Wildman–Crippen MR) is 201 cm³/mol. The second-order valence-electron chi connectivity index (χ2n) is 12.6. The SMILES string of the molecule is [N-]=[N+]=NCc1ccccc1[C@@H]1OC(c2ccc(OCCCO)cc2)=N[C@]1(C/C=C/c1ccccc1)C(=O)NNC1c2ccccc2-c2ccccc21. The number of aliphatic hydroxyl groups is 1. The Hall–Kier alpha value is -6.19. The van der Waals surface area contributed by atoms with Crippen molar-refractivity contribution in [2.24, 2.45) is 10.1 Å². The third-order valence-electron chi connectivity index (χ3n) is 9.37. The van der Waals surface area contributed by atoms with E-state index in [1.807, 2.05) is 115 Å². The first kappa shape index (κ1) is 34.3. The number of azide groups is 1. The Balaban J connectivity index is 1.29. The quantitative estimate of drug-likeness (QED) is 0.0356. The van der Waals surface area contributed by atoms with Crippen LogP contribution < -0.4 is 15.6 Å². The van der Waals surface area contributed by atoms with E-state index in [2.05, 4.69) is 45.1 Å². The van der Waals surface area contributed by atoms with Gasteiger partial charge in [0.15, 0.2) is 11.6 Å². The van der Waals surface area contributed by atoms with Crippen LogP contribution in [0.2, 0.25) is 0 Å². The molecule has 5 aromatic carbocycles. The van der Waals surface area contributed by atoms with E-state index in [1.54, 1.807) is 0 Å². The third kappa shape index (κ3) is 7.04. The van der Waals surface area contributed by atoms with Gasteiger partial charge in [-0.05, 0) is 68.7 Å². The fourth-order valence-electron chi connectivity index (χ4n) is 6.83. The Kier molecular flexibility index (Phi) is 10.4. The lowest BCUT2D eigenvalue weighted by Crippen LogP contribution is -2.53. The fourth-order valence-corrected chi connectivity index (χ4v) is 6.83. The summed E-state index contributed by atoms with van der Waals surface area (Å²) in [5.41, 5.74) is 21.6. The zero-order valence-corrected chi connectivity index (χ0v) is 28.4. The highest BCUT2D eigenvalue weighted by Gasteiger charge is 2.53.